The van der Waals surface area contributed by atoms with E-state index in [2.05, 4.69) is 25.9 Å². The molecule has 1 unspecified atom stereocenters. The van der Waals surface area contributed by atoms with E-state index in [1.54, 1.807) is 17.3 Å². The van der Waals surface area contributed by atoms with E-state index in [-0.39, 0.29) is 6.54 Å². The number of aromatic nitrogens is 2. The number of nitrogens with zero attached hydrogens (tertiary/aromatic N) is 3. The minimum atomic E-state index is -1.18. The molecule has 1 aromatic rings. The first-order chi connectivity index (χ1) is 7.51. The van der Waals surface area contributed by atoms with E-state index in [1.165, 1.54) is 0 Å². The van der Waals surface area contributed by atoms with Crippen molar-refractivity contribution in [2.45, 2.75) is 12.0 Å². The maximum atomic E-state index is 11.0. The second kappa shape index (κ2) is 3.99. The lowest BCUT2D eigenvalue weighted by atomic mass is 10.0. The zero-order valence-corrected chi connectivity index (χ0v) is 10.0. The van der Waals surface area contributed by atoms with Crippen LogP contribution < -0.4 is 10.6 Å². The molecule has 1 aliphatic rings. The molecule has 0 aromatic carbocycles. The predicted molar refractivity (Wildman–Crippen MR) is 61.1 cm³/mol. The van der Waals surface area contributed by atoms with Gasteiger partial charge in [0, 0.05) is 25.5 Å². The molecule has 0 radical (unpaired) electrons. The third kappa shape index (κ3) is 2.00. The summed E-state index contributed by atoms with van der Waals surface area (Å²) in [5.74, 6) is -0.469. The fourth-order valence-corrected chi connectivity index (χ4v) is 1.85. The average molecular weight is 287 g/mol. The lowest BCUT2D eigenvalue weighted by Crippen LogP contribution is -2.50. The van der Waals surface area contributed by atoms with Gasteiger partial charge in [-0.25, -0.2) is 9.97 Å². The van der Waals surface area contributed by atoms with E-state index in [1.807, 2.05) is 0 Å². The molecule has 2 heterocycles. The molecule has 2 rings (SSSR count). The number of rotatable bonds is 2. The van der Waals surface area contributed by atoms with Crippen molar-refractivity contribution in [1.29, 1.82) is 0 Å². The second-order valence-electron chi connectivity index (χ2n) is 3.83. The maximum absolute atomic E-state index is 11.0. The molecule has 1 aliphatic heterocycles. The molecule has 0 amide bonds. The van der Waals surface area contributed by atoms with Crippen LogP contribution in [0.25, 0.3) is 0 Å². The largest absolute Gasteiger partial charge is 0.480 e. The van der Waals surface area contributed by atoms with Crippen molar-refractivity contribution in [3.8, 4) is 0 Å². The molecule has 86 valence electrons. The van der Waals surface area contributed by atoms with Gasteiger partial charge in [0.1, 0.15) is 5.54 Å². The highest BCUT2D eigenvalue weighted by molar-refractivity contribution is 9.10. The zero-order valence-electron chi connectivity index (χ0n) is 8.43. The van der Waals surface area contributed by atoms with Crippen LogP contribution in [-0.2, 0) is 4.79 Å². The minimum absolute atomic E-state index is 0.240. The Bertz CT molecular complexity index is 410. The quantitative estimate of drug-likeness (QED) is 0.809. The van der Waals surface area contributed by atoms with Gasteiger partial charge in [0.25, 0.3) is 0 Å². The van der Waals surface area contributed by atoms with Crippen molar-refractivity contribution in [1.82, 2.24) is 9.97 Å². The normalized spacial score (nSPS) is 24.8. The van der Waals surface area contributed by atoms with Gasteiger partial charge in [-0.05, 0) is 22.4 Å². The van der Waals surface area contributed by atoms with E-state index in [9.17, 15) is 4.79 Å². The Kier molecular flexibility index (Phi) is 2.81. The molecule has 1 saturated heterocycles. The van der Waals surface area contributed by atoms with Gasteiger partial charge < -0.3 is 15.7 Å². The third-order valence-electron chi connectivity index (χ3n) is 2.62. The number of aliphatic carboxylic acids is 1. The van der Waals surface area contributed by atoms with E-state index in [0.29, 0.717) is 18.9 Å². The van der Waals surface area contributed by atoms with E-state index in [4.69, 9.17) is 10.8 Å². The van der Waals surface area contributed by atoms with Crippen LogP contribution in [0.1, 0.15) is 6.42 Å². The van der Waals surface area contributed by atoms with Gasteiger partial charge in [0.2, 0.25) is 5.95 Å². The Morgan fingerprint density at radius 3 is 2.69 bits per heavy atom. The van der Waals surface area contributed by atoms with Gasteiger partial charge >= 0.3 is 5.97 Å². The topological polar surface area (TPSA) is 92.3 Å². The van der Waals surface area contributed by atoms with Gasteiger partial charge in [-0.15, -0.1) is 0 Å². The van der Waals surface area contributed by atoms with Crippen LogP contribution in [0.2, 0.25) is 0 Å². The zero-order chi connectivity index (χ0) is 11.8. The van der Waals surface area contributed by atoms with Crippen molar-refractivity contribution in [3.63, 3.8) is 0 Å². The molecule has 7 heteroatoms. The van der Waals surface area contributed by atoms with Crippen molar-refractivity contribution >= 4 is 27.8 Å². The van der Waals surface area contributed by atoms with Crippen molar-refractivity contribution in [3.05, 3.63) is 16.9 Å². The van der Waals surface area contributed by atoms with Crippen molar-refractivity contribution < 1.29 is 9.90 Å². The number of carboxylic acid groups (broad SMARTS) is 1. The standard InChI is InChI=1S/C9H11BrN4O2/c10-6-3-12-8(13-4-6)14-2-1-9(11,5-14)7(15)16/h3-4H,1-2,5,11H2,(H,15,16). The van der Waals surface area contributed by atoms with E-state index >= 15 is 0 Å². The summed E-state index contributed by atoms with van der Waals surface area (Å²) in [5.41, 5.74) is 4.57. The monoisotopic (exact) mass is 286 g/mol. The fourth-order valence-electron chi connectivity index (χ4n) is 1.65. The maximum Gasteiger partial charge on any atom is 0.325 e. The number of halogens is 1. The molecule has 1 atom stereocenters. The molecule has 3 N–H and O–H groups in total. The highest BCUT2D eigenvalue weighted by Crippen LogP contribution is 2.23. The van der Waals surface area contributed by atoms with Crippen molar-refractivity contribution in [2.24, 2.45) is 5.73 Å². The van der Waals surface area contributed by atoms with Crippen LogP contribution in [0, 0.1) is 0 Å². The first kappa shape index (κ1) is 11.3. The number of nitrogens with two attached hydrogens (primary N) is 1. The van der Waals surface area contributed by atoms with Crippen LogP contribution in [0.4, 0.5) is 5.95 Å². The first-order valence-corrected chi connectivity index (χ1v) is 5.55. The lowest BCUT2D eigenvalue weighted by molar-refractivity contribution is -0.142. The molecule has 16 heavy (non-hydrogen) atoms. The highest BCUT2D eigenvalue weighted by atomic mass is 79.9. The number of carbonyl (C=O) groups is 1. The first-order valence-electron chi connectivity index (χ1n) is 4.76. The Morgan fingerprint density at radius 1 is 1.56 bits per heavy atom. The Labute approximate surface area is 101 Å². The van der Waals surface area contributed by atoms with Crippen LogP contribution in [-0.4, -0.2) is 39.7 Å². The summed E-state index contributed by atoms with van der Waals surface area (Å²) in [5, 5.41) is 8.98. The van der Waals surface area contributed by atoms with Gasteiger partial charge in [-0.1, -0.05) is 0 Å². The summed E-state index contributed by atoms with van der Waals surface area (Å²) in [4.78, 5) is 20.9. The van der Waals surface area contributed by atoms with Gasteiger partial charge in [0.05, 0.1) is 4.47 Å². The van der Waals surface area contributed by atoms with Crippen LogP contribution in [0.3, 0.4) is 0 Å². The molecular weight excluding hydrogens is 276 g/mol. The molecular formula is C9H11BrN4O2. The van der Waals surface area contributed by atoms with Gasteiger partial charge in [-0.3, -0.25) is 4.79 Å². The average Bonchev–Trinajstić information content (AvgIpc) is 2.63. The number of hydrogen-bond acceptors (Lipinski definition) is 5. The summed E-state index contributed by atoms with van der Waals surface area (Å²) >= 11 is 3.24. The van der Waals surface area contributed by atoms with Gasteiger partial charge in [0.15, 0.2) is 0 Å². The second-order valence-corrected chi connectivity index (χ2v) is 4.75. The van der Waals surface area contributed by atoms with Gasteiger partial charge in [-0.2, -0.15) is 0 Å². The summed E-state index contributed by atoms with van der Waals surface area (Å²) in [6.45, 7) is 0.800. The summed E-state index contributed by atoms with van der Waals surface area (Å²) in [6, 6.07) is 0. The Morgan fingerprint density at radius 2 is 2.19 bits per heavy atom. The Hall–Kier alpha value is -1.21. The SMILES string of the molecule is NC1(C(=O)O)CCN(c2ncc(Br)cn2)C1. The Balaban J connectivity index is 2.15. The summed E-state index contributed by atoms with van der Waals surface area (Å²) in [6.07, 6.45) is 3.65. The summed E-state index contributed by atoms with van der Waals surface area (Å²) in [7, 11) is 0. The molecule has 0 saturated carbocycles. The minimum Gasteiger partial charge on any atom is -0.480 e. The predicted octanol–water partition coefficient (Wildman–Crippen LogP) is 0.231. The smallest absolute Gasteiger partial charge is 0.325 e. The molecule has 0 spiro atoms. The molecule has 0 aliphatic carbocycles. The fraction of sp³-hybridized carbons (Fsp3) is 0.444. The van der Waals surface area contributed by atoms with Crippen LogP contribution in [0.15, 0.2) is 16.9 Å². The van der Waals surface area contributed by atoms with E-state index < -0.39 is 11.5 Å². The number of anilines is 1. The van der Waals surface area contributed by atoms with Crippen LogP contribution >= 0.6 is 15.9 Å². The lowest BCUT2D eigenvalue weighted by Gasteiger charge is -2.19. The van der Waals surface area contributed by atoms with Crippen LogP contribution in [0.5, 0.6) is 0 Å². The number of carboxylic acids is 1. The summed E-state index contributed by atoms with van der Waals surface area (Å²) < 4.78 is 0.785. The third-order valence-corrected chi connectivity index (χ3v) is 3.03. The van der Waals surface area contributed by atoms with E-state index in [0.717, 1.165) is 4.47 Å². The molecule has 6 nitrogen and oxygen atoms in total. The van der Waals surface area contributed by atoms with Crippen molar-refractivity contribution in [2.75, 3.05) is 18.0 Å². The molecule has 0 bridgehead atoms. The highest BCUT2D eigenvalue weighted by Gasteiger charge is 2.42. The molecule has 1 aromatic heterocycles. The number of hydrogen-bond donors (Lipinski definition) is 2. The molecule has 1 fully saturated rings.